The van der Waals surface area contributed by atoms with Gasteiger partial charge in [-0.3, -0.25) is 4.21 Å². The van der Waals surface area contributed by atoms with Gasteiger partial charge in [-0.1, -0.05) is 6.92 Å². The van der Waals surface area contributed by atoms with E-state index in [1.54, 1.807) is 11.3 Å². The SMILES string of the molecule is CCc1csc(NC2CCS(=O)C2)n1. The maximum atomic E-state index is 11.2. The predicted octanol–water partition coefficient (Wildman–Crippen LogP) is 1.64. The zero-order chi connectivity index (χ0) is 9.97. The summed E-state index contributed by atoms with van der Waals surface area (Å²) in [6.45, 7) is 2.10. The van der Waals surface area contributed by atoms with Gasteiger partial charge >= 0.3 is 0 Å². The van der Waals surface area contributed by atoms with Gasteiger partial charge in [0.05, 0.1) is 5.69 Å². The molecule has 2 rings (SSSR count). The van der Waals surface area contributed by atoms with Crippen LogP contribution in [0, 0.1) is 0 Å². The minimum absolute atomic E-state index is 0.367. The van der Waals surface area contributed by atoms with Gasteiger partial charge in [0.2, 0.25) is 0 Å². The number of aryl methyl sites for hydroxylation is 1. The summed E-state index contributed by atoms with van der Waals surface area (Å²) in [6.07, 6.45) is 1.99. The van der Waals surface area contributed by atoms with E-state index in [-0.39, 0.29) is 0 Å². The Morgan fingerprint density at radius 3 is 3.21 bits per heavy atom. The molecule has 1 saturated heterocycles. The zero-order valence-corrected chi connectivity index (χ0v) is 9.79. The van der Waals surface area contributed by atoms with Crippen LogP contribution in [0.4, 0.5) is 5.13 Å². The average molecular weight is 230 g/mol. The summed E-state index contributed by atoms with van der Waals surface area (Å²) in [5, 5.41) is 6.40. The van der Waals surface area contributed by atoms with E-state index in [9.17, 15) is 4.21 Å². The number of anilines is 1. The van der Waals surface area contributed by atoms with Crippen molar-refractivity contribution >= 4 is 27.3 Å². The van der Waals surface area contributed by atoms with Gasteiger partial charge in [-0.2, -0.15) is 0 Å². The molecule has 1 aliphatic heterocycles. The number of thiazole rings is 1. The lowest BCUT2D eigenvalue weighted by molar-refractivity contribution is 0.687. The number of nitrogens with one attached hydrogen (secondary N) is 1. The van der Waals surface area contributed by atoms with Crippen LogP contribution < -0.4 is 5.32 Å². The van der Waals surface area contributed by atoms with Gasteiger partial charge in [-0.15, -0.1) is 11.3 Å². The number of hydrogen-bond donors (Lipinski definition) is 1. The molecule has 0 aromatic carbocycles. The van der Waals surface area contributed by atoms with Gasteiger partial charge in [-0.05, 0) is 12.8 Å². The molecule has 1 aromatic heterocycles. The highest BCUT2D eigenvalue weighted by atomic mass is 32.2. The second-order valence-corrected chi connectivity index (χ2v) is 5.92. The molecule has 2 atom stereocenters. The van der Waals surface area contributed by atoms with Crippen LogP contribution in [-0.2, 0) is 17.2 Å². The molecule has 78 valence electrons. The first-order valence-electron chi connectivity index (χ1n) is 4.84. The van der Waals surface area contributed by atoms with Gasteiger partial charge in [0.15, 0.2) is 5.13 Å². The standard InChI is InChI=1S/C9H14N2OS2/c1-2-7-5-13-9(10-7)11-8-3-4-14(12)6-8/h5,8H,2-4,6H2,1H3,(H,10,11). The van der Waals surface area contributed by atoms with E-state index >= 15 is 0 Å². The molecule has 1 N–H and O–H groups in total. The molecule has 0 amide bonds. The smallest absolute Gasteiger partial charge is 0.183 e. The van der Waals surface area contributed by atoms with Crippen molar-refractivity contribution in [1.29, 1.82) is 0 Å². The Hall–Kier alpha value is -0.420. The van der Waals surface area contributed by atoms with Gasteiger partial charge in [0.1, 0.15) is 0 Å². The van der Waals surface area contributed by atoms with Crippen molar-refractivity contribution in [3.05, 3.63) is 11.1 Å². The van der Waals surface area contributed by atoms with E-state index in [1.165, 1.54) is 0 Å². The minimum Gasteiger partial charge on any atom is -0.358 e. The molecule has 5 heteroatoms. The maximum Gasteiger partial charge on any atom is 0.183 e. The Labute approximate surface area is 90.4 Å². The number of nitrogens with zero attached hydrogens (tertiary/aromatic N) is 1. The van der Waals surface area contributed by atoms with Crippen molar-refractivity contribution in [2.45, 2.75) is 25.8 Å². The van der Waals surface area contributed by atoms with E-state index in [1.807, 2.05) is 0 Å². The molecule has 0 radical (unpaired) electrons. The molecule has 0 aliphatic carbocycles. The molecule has 1 aliphatic rings. The van der Waals surface area contributed by atoms with Gasteiger partial charge < -0.3 is 5.32 Å². The summed E-state index contributed by atoms with van der Waals surface area (Å²) in [5.41, 5.74) is 1.14. The predicted molar refractivity (Wildman–Crippen MR) is 61.4 cm³/mol. The summed E-state index contributed by atoms with van der Waals surface area (Å²) in [7, 11) is -0.607. The van der Waals surface area contributed by atoms with E-state index in [0.29, 0.717) is 6.04 Å². The van der Waals surface area contributed by atoms with Crippen LogP contribution in [0.3, 0.4) is 0 Å². The first-order valence-corrected chi connectivity index (χ1v) is 7.20. The Bertz CT molecular complexity index is 337. The molecular formula is C9H14N2OS2. The van der Waals surface area contributed by atoms with Gasteiger partial charge in [-0.25, -0.2) is 4.98 Å². The molecule has 0 bridgehead atoms. The summed E-state index contributed by atoms with van der Waals surface area (Å²) in [6, 6.07) is 0.367. The summed E-state index contributed by atoms with van der Waals surface area (Å²) in [5.74, 6) is 1.62. The first kappa shape index (κ1) is 10.1. The fraction of sp³-hybridized carbons (Fsp3) is 0.667. The summed E-state index contributed by atoms with van der Waals surface area (Å²) < 4.78 is 11.2. The molecule has 3 nitrogen and oxygen atoms in total. The second-order valence-electron chi connectivity index (χ2n) is 3.44. The molecule has 14 heavy (non-hydrogen) atoms. The van der Waals surface area contributed by atoms with E-state index in [0.717, 1.165) is 35.2 Å². The Balaban J connectivity index is 1.93. The van der Waals surface area contributed by atoms with Crippen molar-refractivity contribution in [2.75, 3.05) is 16.8 Å². The van der Waals surface area contributed by atoms with E-state index < -0.39 is 10.8 Å². The average Bonchev–Trinajstić information content (AvgIpc) is 2.76. The number of aromatic nitrogens is 1. The Morgan fingerprint density at radius 1 is 1.79 bits per heavy atom. The van der Waals surface area contributed by atoms with Crippen LogP contribution >= 0.6 is 11.3 Å². The lowest BCUT2D eigenvalue weighted by Crippen LogP contribution is -2.19. The van der Waals surface area contributed by atoms with Crippen LogP contribution in [0.1, 0.15) is 19.0 Å². The largest absolute Gasteiger partial charge is 0.358 e. The second kappa shape index (κ2) is 4.40. The topological polar surface area (TPSA) is 42.0 Å². The third-order valence-electron chi connectivity index (χ3n) is 2.32. The van der Waals surface area contributed by atoms with Gasteiger partial charge in [0, 0.05) is 33.7 Å². The highest BCUT2D eigenvalue weighted by Crippen LogP contribution is 2.19. The Morgan fingerprint density at radius 2 is 2.64 bits per heavy atom. The minimum atomic E-state index is -0.607. The highest BCUT2D eigenvalue weighted by Gasteiger charge is 2.21. The molecule has 2 heterocycles. The molecule has 0 spiro atoms. The fourth-order valence-electron chi connectivity index (χ4n) is 1.49. The van der Waals surface area contributed by atoms with Crippen LogP contribution in [-0.4, -0.2) is 26.7 Å². The normalized spacial score (nSPS) is 26.6. The van der Waals surface area contributed by atoms with Crippen molar-refractivity contribution in [3.8, 4) is 0 Å². The van der Waals surface area contributed by atoms with Crippen molar-refractivity contribution in [2.24, 2.45) is 0 Å². The third-order valence-corrected chi connectivity index (χ3v) is 4.61. The van der Waals surface area contributed by atoms with Crippen LogP contribution in [0.2, 0.25) is 0 Å². The quantitative estimate of drug-likeness (QED) is 0.858. The van der Waals surface area contributed by atoms with Gasteiger partial charge in [0.25, 0.3) is 0 Å². The summed E-state index contributed by atoms with van der Waals surface area (Å²) in [4.78, 5) is 4.43. The molecule has 0 saturated carbocycles. The lowest BCUT2D eigenvalue weighted by atomic mass is 10.3. The fourth-order valence-corrected chi connectivity index (χ4v) is 3.77. The maximum absolute atomic E-state index is 11.2. The highest BCUT2D eigenvalue weighted by molar-refractivity contribution is 7.85. The van der Waals surface area contributed by atoms with E-state index in [4.69, 9.17) is 0 Å². The van der Waals surface area contributed by atoms with Crippen molar-refractivity contribution in [3.63, 3.8) is 0 Å². The third kappa shape index (κ3) is 2.33. The van der Waals surface area contributed by atoms with Crippen LogP contribution in [0.15, 0.2) is 5.38 Å². The zero-order valence-electron chi connectivity index (χ0n) is 8.16. The number of rotatable bonds is 3. The van der Waals surface area contributed by atoms with Crippen LogP contribution in [0.25, 0.3) is 0 Å². The monoisotopic (exact) mass is 230 g/mol. The summed E-state index contributed by atoms with van der Waals surface area (Å²) >= 11 is 1.64. The molecule has 2 unspecified atom stereocenters. The molecular weight excluding hydrogens is 216 g/mol. The van der Waals surface area contributed by atoms with Crippen molar-refractivity contribution < 1.29 is 4.21 Å². The van der Waals surface area contributed by atoms with E-state index in [2.05, 4.69) is 22.6 Å². The first-order chi connectivity index (χ1) is 6.78. The number of hydrogen-bond acceptors (Lipinski definition) is 4. The van der Waals surface area contributed by atoms with Crippen molar-refractivity contribution in [1.82, 2.24) is 4.98 Å². The lowest BCUT2D eigenvalue weighted by Gasteiger charge is -2.08. The molecule has 1 aromatic rings. The molecule has 1 fully saturated rings. The van der Waals surface area contributed by atoms with Crippen LogP contribution in [0.5, 0.6) is 0 Å². The Kier molecular flexibility index (Phi) is 3.18.